The van der Waals surface area contributed by atoms with Crippen LogP contribution in [0.3, 0.4) is 0 Å². The van der Waals surface area contributed by atoms with Gasteiger partial charge >= 0.3 is 5.56 Å². The number of carbonyl (C=O) groups is 1. The van der Waals surface area contributed by atoms with Crippen molar-refractivity contribution in [3.8, 4) is 0 Å². The number of likely N-dealkylation sites (tertiary alicyclic amines) is 1. The Morgan fingerprint density at radius 3 is 2.75 bits per heavy atom. The molecular weight excluding hydrogens is 413 g/mol. The molecule has 0 saturated carbocycles. The lowest BCUT2D eigenvalue weighted by Crippen LogP contribution is -2.39. The quantitative estimate of drug-likeness (QED) is 0.468. The highest BCUT2D eigenvalue weighted by Gasteiger charge is 2.30. The maximum atomic E-state index is 13.3. The lowest BCUT2D eigenvalue weighted by Gasteiger charge is -2.21. The number of hydrogen-bond donors (Lipinski definition) is 2. The number of hydrogen-bond acceptors (Lipinski definition) is 5. The smallest absolute Gasteiger partial charge is 0.309 e. The second kappa shape index (κ2) is 7.76. The van der Waals surface area contributed by atoms with Crippen LogP contribution in [0, 0.1) is 5.82 Å². The molecule has 0 spiro atoms. The summed E-state index contributed by atoms with van der Waals surface area (Å²) in [4.78, 5) is 30.7. The fraction of sp³-hybridized carbons (Fsp3) is 0.261. The van der Waals surface area contributed by atoms with Gasteiger partial charge in [-0.25, -0.2) is 9.37 Å². The number of rotatable bonds is 5. The summed E-state index contributed by atoms with van der Waals surface area (Å²) in [6, 6.07) is 7.62. The highest BCUT2D eigenvalue weighted by atomic mass is 19.1. The van der Waals surface area contributed by atoms with Crippen molar-refractivity contribution in [2.45, 2.75) is 32.0 Å². The molecule has 0 bridgehead atoms. The topological polar surface area (TPSA) is 106 Å². The molecule has 32 heavy (non-hydrogen) atoms. The van der Waals surface area contributed by atoms with Crippen LogP contribution in [0.2, 0.25) is 0 Å². The zero-order valence-electron chi connectivity index (χ0n) is 17.2. The third kappa shape index (κ3) is 3.40. The van der Waals surface area contributed by atoms with E-state index in [1.165, 1.54) is 18.3 Å². The summed E-state index contributed by atoms with van der Waals surface area (Å²) in [5, 5.41) is 11.2. The van der Waals surface area contributed by atoms with E-state index in [-0.39, 0.29) is 23.3 Å². The van der Waals surface area contributed by atoms with Crippen LogP contribution in [0.25, 0.3) is 21.8 Å². The van der Waals surface area contributed by atoms with Crippen molar-refractivity contribution < 1.29 is 14.4 Å². The van der Waals surface area contributed by atoms with Crippen molar-refractivity contribution >= 4 is 27.7 Å². The van der Waals surface area contributed by atoms with Gasteiger partial charge in [0.2, 0.25) is 5.91 Å². The molecule has 3 N–H and O–H groups in total. The van der Waals surface area contributed by atoms with Gasteiger partial charge in [-0.3, -0.25) is 14.5 Å². The van der Waals surface area contributed by atoms with E-state index < -0.39 is 5.56 Å². The van der Waals surface area contributed by atoms with Crippen LogP contribution >= 0.6 is 0 Å². The Balaban J connectivity index is 1.67. The number of primary amides is 1. The maximum absolute atomic E-state index is 13.3. The number of pyridine rings is 2. The summed E-state index contributed by atoms with van der Waals surface area (Å²) in [6.07, 6.45) is 6.51. The largest absolute Gasteiger partial charge is 0.425 e. The Hall–Kier alpha value is -3.72. The molecule has 0 radical (unpaired) electrons. The Kier molecular flexibility index (Phi) is 4.90. The molecule has 9 heteroatoms. The molecule has 1 aromatic carbocycles. The molecule has 1 atom stereocenters. The van der Waals surface area contributed by atoms with E-state index in [1.54, 1.807) is 24.4 Å². The van der Waals surface area contributed by atoms with E-state index in [0.29, 0.717) is 23.2 Å². The summed E-state index contributed by atoms with van der Waals surface area (Å²) >= 11 is 0. The Labute approximate surface area is 182 Å². The lowest BCUT2D eigenvalue weighted by molar-refractivity contribution is -0.122. The van der Waals surface area contributed by atoms with Crippen LogP contribution in [-0.4, -0.2) is 42.9 Å². The van der Waals surface area contributed by atoms with E-state index in [4.69, 9.17) is 5.73 Å². The first-order valence-electron chi connectivity index (χ1n) is 10.4. The maximum Gasteiger partial charge on any atom is 0.309 e. The number of nitrogens with two attached hydrogens (primary N) is 1. The van der Waals surface area contributed by atoms with Crippen molar-refractivity contribution in [2.75, 3.05) is 6.54 Å². The number of halogens is 1. The van der Waals surface area contributed by atoms with Gasteiger partial charge in [0.05, 0.1) is 17.8 Å². The monoisotopic (exact) mass is 435 g/mol. The van der Waals surface area contributed by atoms with E-state index in [1.807, 2.05) is 10.8 Å². The Bertz CT molecular complexity index is 1390. The SMILES string of the molecule is NC(=O)[C@@H]1CCCN1Cc1cn(Cc2ccc(F)cc2)c2cnc3c(=O)n(O)ccc3c12. The van der Waals surface area contributed by atoms with Crippen LogP contribution < -0.4 is 11.3 Å². The van der Waals surface area contributed by atoms with E-state index in [2.05, 4.69) is 9.88 Å². The third-order valence-electron chi connectivity index (χ3n) is 6.16. The summed E-state index contributed by atoms with van der Waals surface area (Å²) < 4.78 is 15.9. The zero-order valence-corrected chi connectivity index (χ0v) is 17.2. The minimum absolute atomic E-state index is 0.163. The first kappa shape index (κ1) is 20.2. The fourth-order valence-corrected chi connectivity index (χ4v) is 4.64. The van der Waals surface area contributed by atoms with Gasteiger partial charge in [-0.1, -0.05) is 12.1 Å². The summed E-state index contributed by atoms with van der Waals surface area (Å²) in [7, 11) is 0. The molecule has 1 saturated heterocycles. The van der Waals surface area contributed by atoms with Gasteiger partial charge < -0.3 is 15.5 Å². The molecule has 3 aromatic heterocycles. The molecule has 1 fully saturated rings. The molecule has 1 aliphatic rings. The minimum atomic E-state index is -0.599. The fourth-order valence-electron chi connectivity index (χ4n) is 4.64. The Morgan fingerprint density at radius 1 is 1.22 bits per heavy atom. The molecular formula is C23H22FN5O3. The highest BCUT2D eigenvalue weighted by molar-refractivity contribution is 6.06. The van der Waals surface area contributed by atoms with Crippen molar-refractivity contribution in [3.63, 3.8) is 0 Å². The van der Waals surface area contributed by atoms with Crippen molar-refractivity contribution in [3.05, 3.63) is 76.2 Å². The second-order valence-corrected chi connectivity index (χ2v) is 8.19. The number of aromatic nitrogens is 3. The summed E-state index contributed by atoms with van der Waals surface area (Å²) in [5.41, 5.74) is 7.82. The van der Waals surface area contributed by atoms with Crippen molar-refractivity contribution in [1.82, 2.24) is 19.2 Å². The van der Waals surface area contributed by atoms with Gasteiger partial charge in [0.15, 0.2) is 0 Å². The van der Waals surface area contributed by atoms with Gasteiger partial charge in [0, 0.05) is 36.3 Å². The molecule has 1 aliphatic heterocycles. The van der Waals surface area contributed by atoms with Crippen LogP contribution in [-0.2, 0) is 17.9 Å². The lowest BCUT2D eigenvalue weighted by atomic mass is 10.1. The third-order valence-corrected chi connectivity index (χ3v) is 6.16. The van der Waals surface area contributed by atoms with Gasteiger partial charge in [-0.15, -0.1) is 0 Å². The average molecular weight is 435 g/mol. The minimum Gasteiger partial charge on any atom is -0.425 e. The predicted octanol–water partition coefficient (Wildman–Crippen LogP) is 2.23. The van der Waals surface area contributed by atoms with Crippen LogP contribution in [0.15, 0.2) is 53.7 Å². The van der Waals surface area contributed by atoms with E-state index in [0.717, 1.165) is 41.4 Å². The molecule has 164 valence electrons. The van der Waals surface area contributed by atoms with E-state index in [9.17, 15) is 19.2 Å². The molecule has 5 rings (SSSR count). The van der Waals surface area contributed by atoms with Crippen LogP contribution in [0.4, 0.5) is 4.39 Å². The standard InChI is InChI=1S/C23H22FN5O3/c24-16-5-3-14(4-6-16)11-28-13-15(12-27-8-1-2-18(27)22(25)30)20-17-7-9-29(32)23(31)21(17)26-10-19(20)28/h3-7,9-10,13,18,32H,1-2,8,11-12H2,(H2,25,30)/t18-/m0/s1. The van der Waals surface area contributed by atoms with Gasteiger partial charge in [-0.2, -0.15) is 4.73 Å². The number of carbonyl (C=O) groups excluding carboxylic acids is 1. The number of nitrogens with zero attached hydrogens (tertiary/aromatic N) is 4. The van der Waals surface area contributed by atoms with Gasteiger partial charge in [0.25, 0.3) is 0 Å². The van der Waals surface area contributed by atoms with Gasteiger partial charge in [-0.05, 0) is 48.7 Å². The molecule has 0 unspecified atom stereocenters. The predicted molar refractivity (Wildman–Crippen MR) is 117 cm³/mol. The molecule has 4 aromatic rings. The number of amides is 1. The summed E-state index contributed by atoms with van der Waals surface area (Å²) in [5.74, 6) is -0.640. The van der Waals surface area contributed by atoms with Gasteiger partial charge in [0.1, 0.15) is 11.3 Å². The number of benzene rings is 1. The van der Waals surface area contributed by atoms with E-state index >= 15 is 0 Å². The van der Waals surface area contributed by atoms with Crippen LogP contribution in [0.1, 0.15) is 24.0 Å². The first-order chi connectivity index (χ1) is 15.4. The molecule has 8 nitrogen and oxygen atoms in total. The highest BCUT2D eigenvalue weighted by Crippen LogP contribution is 2.31. The van der Waals surface area contributed by atoms with Crippen LogP contribution in [0.5, 0.6) is 0 Å². The summed E-state index contributed by atoms with van der Waals surface area (Å²) in [6.45, 7) is 1.73. The normalized spacial score (nSPS) is 16.8. The van der Waals surface area contributed by atoms with Crippen molar-refractivity contribution in [2.24, 2.45) is 5.73 Å². The molecule has 4 heterocycles. The number of fused-ring (bicyclic) bond motifs is 3. The first-order valence-corrected chi connectivity index (χ1v) is 10.4. The van der Waals surface area contributed by atoms with Crippen molar-refractivity contribution in [1.29, 1.82) is 0 Å². The molecule has 0 aliphatic carbocycles. The average Bonchev–Trinajstić information content (AvgIpc) is 3.38. The second-order valence-electron chi connectivity index (χ2n) is 8.19. The zero-order chi connectivity index (χ0) is 22.4. The molecule has 1 amide bonds. The Morgan fingerprint density at radius 2 is 2.00 bits per heavy atom.